The lowest BCUT2D eigenvalue weighted by molar-refractivity contribution is -0.202. The lowest BCUT2D eigenvalue weighted by atomic mass is 9.43. The van der Waals surface area contributed by atoms with Gasteiger partial charge in [0.15, 0.2) is 0 Å². The highest BCUT2D eigenvalue weighted by Gasteiger charge is 2.65. The number of carboxylic acids is 1. The summed E-state index contributed by atoms with van der Waals surface area (Å²) in [6, 6.07) is 0.118. The minimum atomic E-state index is -0.759. The van der Waals surface area contributed by atoms with Crippen molar-refractivity contribution in [1.29, 1.82) is 0 Å². The Morgan fingerprint density at radius 1 is 1.09 bits per heavy atom. The molecule has 33 heavy (non-hydrogen) atoms. The maximum absolute atomic E-state index is 11.8. The molecular formula is C26H44N2O5. The Hall–Kier alpha value is -1.18. The average Bonchev–Trinajstić information content (AvgIpc) is 3.12. The molecule has 7 nitrogen and oxygen atoms in total. The van der Waals surface area contributed by atoms with Crippen LogP contribution < -0.4 is 11.1 Å². The number of amides is 1. The largest absolute Gasteiger partial charge is 0.481 e. The zero-order chi connectivity index (χ0) is 24.1. The third kappa shape index (κ3) is 4.12. The standard InChI is InChI=1S/C26H44N2O5/c1-14(4-7-23(32)33)17-5-6-18-24-19(12-21(30)26(17,18)3)25(2)9-8-16(28-22(31)13-27)10-15(25)11-20(24)29/h14-21,24,29-30H,4-13,27H2,1-3H3,(H,28,31)(H,32,33)/t14-,15+,16+,17-,18+,19+,20-,21+,24+,25+,26-/m1/s1. The van der Waals surface area contributed by atoms with E-state index in [9.17, 15) is 19.8 Å². The maximum Gasteiger partial charge on any atom is 0.303 e. The first kappa shape index (κ1) is 24.9. The molecule has 4 saturated carbocycles. The summed E-state index contributed by atoms with van der Waals surface area (Å²) in [5.41, 5.74) is 5.28. The number of nitrogens with one attached hydrogen (secondary N) is 1. The van der Waals surface area contributed by atoms with Gasteiger partial charge in [-0.2, -0.15) is 0 Å². The van der Waals surface area contributed by atoms with E-state index < -0.39 is 12.1 Å². The second-order valence-electron chi connectivity index (χ2n) is 12.3. The maximum atomic E-state index is 11.8. The molecule has 6 N–H and O–H groups in total. The molecule has 11 atom stereocenters. The van der Waals surface area contributed by atoms with Gasteiger partial charge in [-0.15, -0.1) is 0 Å². The van der Waals surface area contributed by atoms with Crippen LogP contribution in [-0.4, -0.2) is 52.0 Å². The van der Waals surface area contributed by atoms with Gasteiger partial charge in [0.25, 0.3) is 0 Å². The summed E-state index contributed by atoms with van der Waals surface area (Å²) in [6.07, 6.45) is 6.26. The number of fused-ring (bicyclic) bond motifs is 5. The third-order valence-electron chi connectivity index (χ3n) is 10.9. The van der Waals surface area contributed by atoms with Crippen molar-refractivity contribution in [2.45, 2.75) is 96.8 Å². The molecule has 4 fully saturated rings. The van der Waals surface area contributed by atoms with Crippen LogP contribution >= 0.6 is 0 Å². The van der Waals surface area contributed by atoms with Crippen molar-refractivity contribution >= 4 is 11.9 Å². The summed E-state index contributed by atoms with van der Waals surface area (Å²) in [6.45, 7) is 6.73. The fraction of sp³-hybridized carbons (Fsp3) is 0.923. The molecule has 0 saturated heterocycles. The molecule has 0 heterocycles. The quantitative estimate of drug-likeness (QED) is 0.410. The summed E-state index contributed by atoms with van der Waals surface area (Å²) in [4.78, 5) is 23.0. The Morgan fingerprint density at radius 3 is 2.48 bits per heavy atom. The Labute approximate surface area is 197 Å². The minimum absolute atomic E-state index is 0.00423. The predicted molar refractivity (Wildman–Crippen MR) is 125 cm³/mol. The summed E-state index contributed by atoms with van der Waals surface area (Å²) >= 11 is 0. The Balaban J connectivity index is 1.54. The van der Waals surface area contributed by atoms with Crippen LogP contribution in [0.4, 0.5) is 0 Å². The lowest BCUT2D eigenvalue weighted by Gasteiger charge is -2.63. The number of rotatable bonds is 6. The molecule has 0 bridgehead atoms. The molecule has 0 unspecified atom stereocenters. The predicted octanol–water partition coefficient (Wildman–Crippen LogP) is 2.53. The summed E-state index contributed by atoms with van der Waals surface area (Å²) in [5, 5.41) is 35.3. The molecular weight excluding hydrogens is 420 g/mol. The zero-order valence-corrected chi connectivity index (χ0v) is 20.5. The number of carboxylic acid groups (broad SMARTS) is 1. The molecule has 4 aliphatic carbocycles. The van der Waals surface area contributed by atoms with Gasteiger partial charge >= 0.3 is 5.97 Å². The number of aliphatic carboxylic acids is 1. The van der Waals surface area contributed by atoms with Crippen LogP contribution in [0.15, 0.2) is 0 Å². The Bertz CT molecular complexity index is 761. The molecule has 0 radical (unpaired) electrons. The molecule has 0 aromatic heterocycles. The number of carbonyl (C=O) groups is 2. The molecule has 188 valence electrons. The highest BCUT2D eigenvalue weighted by molar-refractivity contribution is 5.78. The molecule has 4 rings (SSSR count). The van der Waals surface area contributed by atoms with Crippen LogP contribution in [-0.2, 0) is 9.59 Å². The normalized spacial score (nSPS) is 47.7. The number of aliphatic hydroxyl groups excluding tert-OH is 2. The van der Waals surface area contributed by atoms with Crippen LogP contribution in [0.2, 0.25) is 0 Å². The molecule has 4 aliphatic rings. The van der Waals surface area contributed by atoms with Crippen molar-refractivity contribution in [2.24, 2.45) is 52.1 Å². The van der Waals surface area contributed by atoms with E-state index in [-0.39, 0.29) is 71.4 Å². The first-order valence-corrected chi connectivity index (χ1v) is 13.1. The monoisotopic (exact) mass is 464 g/mol. The SMILES string of the molecule is C[C@H](CCC(=O)O)[C@H]1CC[C@H]2[C@@H]3[C@H](O)C[C@@H]4C[C@@H](NC(=O)CN)CC[C@]4(C)[C@H]3C[C@H](O)[C@]12C. The Kier molecular flexibility index (Phi) is 6.89. The van der Waals surface area contributed by atoms with Crippen LogP contribution in [0.25, 0.3) is 0 Å². The van der Waals surface area contributed by atoms with Gasteiger partial charge in [-0.1, -0.05) is 20.8 Å². The number of aliphatic hydroxyl groups is 2. The van der Waals surface area contributed by atoms with Crippen LogP contribution in [0.5, 0.6) is 0 Å². The van der Waals surface area contributed by atoms with Gasteiger partial charge in [-0.05, 0) is 97.7 Å². The van der Waals surface area contributed by atoms with E-state index in [2.05, 4.69) is 26.1 Å². The molecule has 7 heteroatoms. The van der Waals surface area contributed by atoms with E-state index in [4.69, 9.17) is 10.8 Å². The first-order chi connectivity index (χ1) is 15.5. The zero-order valence-electron chi connectivity index (χ0n) is 20.5. The molecule has 0 aromatic carbocycles. The molecule has 0 spiro atoms. The highest BCUT2D eigenvalue weighted by atomic mass is 16.4. The highest BCUT2D eigenvalue weighted by Crippen LogP contribution is 2.68. The van der Waals surface area contributed by atoms with E-state index in [1.54, 1.807) is 0 Å². The fourth-order valence-corrected chi connectivity index (χ4v) is 9.12. The van der Waals surface area contributed by atoms with Crippen molar-refractivity contribution in [3.63, 3.8) is 0 Å². The topological polar surface area (TPSA) is 133 Å². The summed E-state index contributed by atoms with van der Waals surface area (Å²) < 4.78 is 0. The molecule has 0 aliphatic heterocycles. The first-order valence-electron chi connectivity index (χ1n) is 13.1. The van der Waals surface area contributed by atoms with Crippen molar-refractivity contribution in [3.05, 3.63) is 0 Å². The van der Waals surface area contributed by atoms with Crippen LogP contribution in [0, 0.1) is 46.3 Å². The van der Waals surface area contributed by atoms with Crippen molar-refractivity contribution in [3.8, 4) is 0 Å². The number of hydrogen-bond acceptors (Lipinski definition) is 5. The number of carbonyl (C=O) groups excluding carboxylic acids is 1. The number of hydrogen-bond donors (Lipinski definition) is 5. The smallest absolute Gasteiger partial charge is 0.303 e. The molecule has 0 aromatic rings. The van der Waals surface area contributed by atoms with Crippen molar-refractivity contribution in [2.75, 3.05) is 6.54 Å². The van der Waals surface area contributed by atoms with E-state index in [0.29, 0.717) is 18.8 Å². The van der Waals surface area contributed by atoms with E-state index in [0.717, 1.165) is 38.5 Å². The second-order valence-corrected chi connectivity index (χ2v) is 12.3. The van der Waals surface area contributed by atoms with E-state index in [1.165, 1.54) is 0 Å². The van der Waals surface area contributed by atoms with Gasteiger partial charge in [0, 0.05) is 12.5 Å². The summed E-state index contributed by atoms with van der Waals surface area (Å²) in [5.74, 6) is 0.719. The fourth-order valence-electron chi connectivity index (χ4n) is 9.12. The summed E-state index contributed by atoms with van der Waals surface area (Å²) in [7, 11) is 0. The van der Waals surface area contributed by atoms with Gasteiger partial charge in [-0.3, -0.25) is 9.59 Å². The van der Waals surface area contributed by atoms with Crippen molar-refractivity contribution < 1.29 is 24.9 Å². The lowest BCUT2D eigenvalue weighted by Crippen LogP contribution is -2.63. The van der Waals surface area contributed by atoms with Gasteiger partial charge in [0.1, 0.15) is 0 Å². The van der Waals surface area contributed by atoms with E-state index >= 15 is 0 Å². The molecule has 1 amide bonds. The van der Waals surface area contributed by atoms with Gasteiger partial charge in [0.2, 0.25) is 5.91 Å². The Morgan fingerprint density at radius 2 is 1.82 bits per heavy atom. The van der Waals surface area contributed by atoms with Gasteiger partial charge in [0.05, 0.1) is 18.8 Å². The second kappa shape index (κ2) is 9.12. The van der Waals surface area contributed by atoms with Gasteiger partial charge < -0.3 is 26.4 Å². The number of nitrogens with two attached hydrogens (primary N) is 1. The van der Waals surface area contributed by atoms with E-state index in [1.807, 2.05) is 0 Å². The van der Waals surface area contributed by atoms with Crippen molar-refractivity contribution in [1.82, 2.24) is 5.32 Å². The van der Waals surface area contributed by atoms with Crippen LogP contribution in [0.1, 0.15) is 78.6 Å². The van der Waals surface area contributed by atoms with Gasteiger partial charge in [-0.25, -0.2) is 0 Å². The third-order valence-corrected chi connectivity index (χ3v) is 10.9. The van der Waals surface area contributed by atoms with Crippen LogP contribution in [0.3, 0.4) is 0 Å². The average molecular weight is 465 g/mol. The minimum Gasteiger partial charge on any atom is -0.481 e.